The molecule has 1 saturated heterocycles. The van der Waals surface area contributed by atoms with Crippen molar-refractivity contribution < 1.29 is 13.9 Å². The number of benzene rings is 2. The van der Waals surface area contributed by atoms with Crippen LogP contribution in [0.4, 0.5) is 0 Å². The lowest BCUT2D eigenvalue weighted by atomic mass is 10.0. The summed E-state index contributed by atoms with van der Waals surface area (Å²) in [7, 11) is -0.974. The second-order valence-corrected chi connectivity index (χ2v) is 12.9. The molecule has 0 amide bonds. The van der Waals surface area contributed by atoms with Crippen LogP contribution in [-0.4, -0.2) is 33.9 Å². The third kappa shape index (κ3) is 4.62. The van der Waals surface area contributed by atoms with Crippen molar-refractivity contribution in [2.45, 2.75) is 63.6 Å². The average molecular weight is 410 g/mol. The van der Waals surface area contributed by atoms with Crippen molar-refractivity contribution >= 4 is 18.7 Å². The number of ether oxygens (including phenoxy) is 2. The van der Waals surface area contributed by atoms with Crippen molar-refractivity contribution in [1.29, 1.82) is 5.26 Å². The van der Waals surface area contributed by atoms with Crippen molar-refractivity contribution in [2.24, 2.45) is 0 Å². The van der Waals surface area contributed by atoms with Gasteiger partial charge in [0.15, 0.2) is 6.29 Å². The first-order valence-electron chi connectivity index (χ1n) is 10.2. The Bertz CT molecular complexity index is 774. The van der Waals surface area contributed by atoms with Crippen LogP contribution >= 0.6 is 0 Å². The molecule has 2 aromatic rings. The van der Waals surface area contributed by atoms with E-state index in [1.807, 2.05) is 0 Å². The number of hydrogen-bond donors (Lipinski definition) is 0. The van der Waals surface area contributed by atoms with E-state index in [1.165, 1.54) is 10.4 Å². The summed E-state index contributed by atoms with van der Waals surface area (Å²) in [6.07, 6.45) is 1.19. The Morgan fingerprint density at radius 1 is 1.00 bits per heavy atom. The van der Waals surface area contributed by atoms with E-state index in [9.17, 15) is 5.26 Å². The Morgan fingerprint density at radius 3 is 2.00 bits per heavy atom. The first-order valence-corrected chi connectivity index (χ1v) is 12.2. The Kier molecular flexibility index (Phi) is 6.92. The maximum atomic E-state index is 9.18. The Morgan fingerprint density at radius 2 is 1.55 bits per heavy atom. The monoisotopic (exact) mass is 409 g/mol. The summed E-state index contributed by atoms with van der Waals surface area (Å²) >= 11 is 0. The highest BCUT2D eigenvalue weighted by Crippen LogP contribution is 2.39. The summed E-state index contributed by atoms with van der Waals surface area (Å²) in [5.74, 6) is 0. The molecule has 0 aliphatic carbocycles. The van der Waals surface area contributed by atoms with Crippen molar-refractivity contribution in [3.63, 3.8) is 0 Å². The van der Waals surface area contributed by atoms with Crippen LogP contribution in [0.15, 0.2) is 60.7 Å². The number of hydrogen-bond acceptors (Lipinski definition) is 4. The average Bonchev–Trinajstić information content (AvgIpc) is 2.72. The van der Waals surface area contributed by atoms with Crippen LogP contribution < -0.4 is 10.4 Å². The summed E-state index contributed by atoms with van der Waals surface area (Å²) in [4.78, 5) is 0. The second kappa shape index (κ2) is 9.23. The van der Waals surface area contributed by atoms with Gasteiger partial charge in [-0.05, 0) is 21.8 Å². The van der Waals surface area contributed by atoms with E-state index in [1.54, 1.807) is 7.11 Å². The fourth-order valence-corrected chi connectivity index (χ4v) is 9.06. The maximum Gasteiger partial charge on any atom is 0.261 e. The molecule has 1 aliphatic rings. The lowest BCUT2D eigenvalue weighted by Gasteiger charge is -2.47. The molecule has 0 spiro atoms. The molecular formula is C24H31NO3Si. The predicted molar refractivity (Wildman–Crippen MR) is 118 cm³/mol. The number of rotatable bonds is 6. The molecule has 0 bridgehead atoms. The number of methoxy groups -OCH3 is 1. The quantitative estimate of drug-likeness (QED) is 0.677. The third-order valence-electron chi connectivity index (χ3n) is 5.67. The Labute approximate surface area is 175 Å². The van der Waals surface area contributed by atoms with Gasteiger partial charge in [0.05, 0.1) is 24.7 Å². The SMILES string of the molecule is CO[C@H]1C[C@H](O[Si](c2ccccc2)(c2ccccc2)C(C)(C)C)C[C@@H](CC#N)O1. The van der Waals surface area contributed by atoms with Crippen LogP contribution in [0, 0.1) is 11.3 Å². The fraction of sp³-hybridized carbons (Fsp3) is 0.458. The van der Waals surface area contributed by atoms with Crippen LogP contribution in [0.3, 0.4) is 0 Å². The van der Waals surface area contributed by atoms with Crippen LogP contribution in [-0.2, 0) is 13.9 Å². The molecule has 1 aliphatic heterocycles. The zero-order valence-electron chi connectivity index (χ0n) is 17.8. The Balaban J connectivity index is 2.07. The molecule has 0 N–H and O–H groups in total. The zero-order valence-corrected chi connectivity index (χ0v) is 18.8. The van der Waals surface area contributed by atoms with Crippen LogP contribution in [0.25, 0.3) is 0 Å². The first kappa shape index (κ1) is 21.7. The van der Waals surface area contributed by atoms with Crippen LogP contribution in [0.2, 0.25) is 5.04 Å². The van der Waals surface area contributed by atoms with Crippen LogP contribution in [0.5, 0.6) is 0 Å². The molecule has 1 heterocycles. The molecule has 0 radical (unpaired) electrons. The van der Waals surface area contributed by atoms with Gasteiger partial charge in [0.25, 0.3) is 8.32 Å². The molecule has 29 heavy (non-hydrogen) atoms. The summed E-state index contributed by atoms with van der Waals surface area (Å²) in [5.41, 5.74) is 0. The molecule has 4 nitrogen and oxygen atoms in total. The largest absolute Gasteiger partial charge is 0.404 e. The molecule has 0 saturated carbocycles. The summed E-state index contributed by atoms with van der Waals surface area (Å²) in [5, 5.41) is 11.6. The molecule has 0 aromatic heterocycles. The topological polar surface area (TPSA) is 51.5 Å². The van der Waals surface area contributed by atoms with E-state index >= 15 is 0 Å². The van der Waals surface area contributed by atoms with E-state index in [0.29, 0.717) is 19.3 Å². The normalized spacial score (nSPS) is 22.8. The van der Waals surface area contributed by atoms with Gasteiger partial charge < -0.3 is 13.9 Å². The first-order chi connectivity index (χ1) is 13.9. The smallest absolute Gasteiger partial charge is 0.261 e. The predicted octanol–water partition coefficient (Wildman–Crippen LogP) is 4.00. The van der Waals surface area contributed by atoms with Crippen molar-refractivity contribution in [3.05, 3.63) is 60.7 Å². The van der Waals surface area contributed by atoms with Gasteiger partial charge in [-0.3, -0.25) is 0 Å². The van der Waals surface area contributed by atoms with Gasteiger partial charge in [-0.1, -0.05) is 81.4 Å². The third-order valence-corrected chi connectivity index (χ3v) is 10.8. The number of nitrogens with zero attached hydrogens (tertiary/aromatic N) is 1. The molecule has 3 rings (SSSR count). The van der Waals surface area contributed by atoms with Crippen molar-refractivity contribution in [2.75, 3.05) is 7.11 Å². The molecule has 1 fully saturated rings. The van der Waals surface area contributed by atoms with Gasteiger partial charge in [0, 0.05) is 13.5 Å². The highest BCUT2D eigenvalue weighted by Gasteiger charge is 2.52. The minimum Gasteiger partial charge on any atom is -0.404 e. The lowest BCUT2D eigenvalue weighted by Crippen LogP contribution is -2.68. The minimum absolute atomic E-state index is 0.0293. The summed E-state index contributed by atoms with van der Waals surface area (Å²) in [6, 6.07) is 23.5. The molecule has 154 valence electrons. The Hall–Kier alpha value is -1.97. The number of nitriles is 1. The van der Waals surface area contributed by atoms with E-state index in [-0.39, 0.29) is 23.5 Å². The van der Waals surface area contributed by atoms with Crippen molar-refractivity contribution in [3.8, 4) is 6.07 Å². The molecule has 0 unspecified atom stereocenters. The highest BCUT2D eigenvalue weighted by atomic mass is 28.4. The fourth-order valence-electron chi connectivity index (χ4n) is 4.35. The minimum atomic E-state index is -2.63. The standard InChI is InChI=1S/C24H31NO3Si/c1-24(2,3)29(21-11-7-5-8-12-21,22-13-9-6-10-14-22)28-20-17-19(15-16-25)27-23(18-20)26-4/h5-14,19-20,23H,15,17-18H2,1-4H3/t19-,20-,23-/m1/s1. The van der Waals surface area contributed by atoms with Crippen molar-refractivity contribution in [1.82, 2.24) is 0 Å². The molecular weight excluding hydrogens is 378 g/mol. The van der Waals surface area contributed by atoms with Gasteiger partial charge in [0.1, 0.15) is 0 Å². The van der Waals surface area contributed by atoms with E-state index in [4.69, 9.17) is 13.9 Å². The second-order valence-electron chi connectivity index (χ2n) is 8.66. The van der Waals surface area contributed by atoms with Crippen LogP contribution in [0.1, 0.15) is 40.0 Å². The van der Waals surface area contributed by atoms with Gasteiger partial charge in [-0.25, -0.2) is 0 Å². The zero-order chi connectivity index (χ0) is 20.9. The van der Waals surface area contributed by atoms with E-state index in [2.05, 4.69) is 87.5 Å². The highest BCUT2D eigenvalue weighted by molar-refractivity contribution is 6.99. The lowest BCUT2D eigenvalue weighted by molar-refractivity contribution is -0.199. The summed E-state index contributed by atoms with van der Waals surface area (Å²) in [6.45, 7) is 6.83. The summed E-state index contributed by atoms with van der Waals surface area (Å²) < 4.78 is 18.6. The van der Waals surface area contributed by atoms with E-state index in [0.717, 1.165) is 0 Å². The van der Waals surface area contributed by atoms with Gasteiger partial charge in [-0.2, -0.15) is 5.26 Å². The molecule has 2 aromatic carbocycles. The molecule has 5 heteroatoms. The molecule has 3 atom stereocenters. The van der Waals surface area contributed by atoms with Gasteiger partial charge >= 0.3 is 0 Å². The van der Waals surface area contributed by atoms with Gasteiger partial charge in [0.2, 0.25) is 0 Å². The van der Waals surface area contributed by atoms with E-state index < -0.39 is 8.32 Å². The van der Waals surface area contributed by atoms with Gasteiger partial charge in [-0.15, -0.1) is 0 Å². The maximum absolute atomic E-state index is 9.18.